The molecule has 1 saturated carbocycles. The van der Waals surface area contributed by atoms with Gasteiger partial charge in [0.2, 0.25) is 5.91 Å². The van der Waals surface area contributed by atoms with E-state index in [2.05, 4.69) is 29.7 Å². The second-order valence-electron chi connectivity index (χ2n) is 6.50. The highest BCUT2D eigenvalue weighted by molar-refractivity contribution is 5.76. The Morgan fingerprint density at radius 1 is 1.20 bits per heavy atom. The average Bonchev–Trinajstić information content (AvgIpc) is 2.64. The number of hydrogen-bond donors (Lipinski definition) is 0. The molecule has 2 rings (SSSR count). The van der Waals surface area contributed by atoms with Gasteiger partial charge < -0.3 is 4.90 Å². The van der Waals surface area contributed by atoms with Crippen LogP contribution in [-0.2, 0) is 4.79 Å². The molecule has 0 atom stereocenters. The molecule has 1 amide bonds. The Kier molecular flexibility index (Phi) is 6.08. The van der Waals surface area contributed by atoms with Crippen LogP contribution in [0.4, 0.5) is 0 Å². The standard InChI is InChI=1S/C17H30N2O/c1-3-15(2)13-18-10-9-17(20)19(12-11-18)14-16-7-5-4-6-8-16/h3,16H,4-14H2,1-2H3/b15-3+. The zero-order chi connectivity index (χ0) is 14.4. The van der Waals surface area contributed by atoms with Gasteiger partial charge in [0.15, 0.2) is 0 Å². The molecule has 0 radical (unpaired) electrons. The largest absolute Gasteiger partial charge is 0.341 e. The highest BCUT2D eigenvalue weighted by Crippen LogP contribution is 2.25. The van der Waals surface area contributed by atoms with Crippen LogP contribution in [0.3, 0.4) is 0 Å². The average molecular weight is 278 g/mol. The summed E-state index contributed by atoms with van der Waals surface area (Å²) in [7, 11) is 0. The predicted molar refractivity (Wildman–Crippen MR) is 83.6 cm³/mol. The molecule has 1 aliphatic heterocycles. The minimum absolute atomic E-state index is 0.371. The summed E-state index contributed by atoms with van der Waals surface area (Å²) in [5.41, 5.74) is 1.40. The molecule has 1 aliphatic carbocycles. The van der Waals surface area contributed by atoms with Gasteiger partial charge in [0, 0.05) is 39.1 Å². The molecule has 20 heavy (non-hydrogen) atoms. The van der Waals surface area contributed by atoms with Gasteiger partial charge in [0.25, 0.3) is 0 Å². The molecule has 0 N–H and O–H groups in total. The minimum Gasteiger partial charge on any atom is -0.341 e. The predicted octanol–water partition coefficient (Wildman–Crippen LogP) is 3.07. The van der Waals surface area contributed by atoms with Gasteiger partial charge in [0.1, 0.15) is 0 Å². The van der Waals surface area contributed by atoms with E-state index in [1.807, 2.05) is 0 Å². The van der Waals surface area contributed by atoms with Crippen LogP contribution in [0.15, 0.2) is 11.6 Å². The Bertz CT molecular complexity index is 345. The Morgan fingerprint density at radius 3 is 2.65 bits per heavy atom. The van der Waals surface area contributed by atoms with Crippen molar-refractivity contribution in [3.63, 3.8) is 0 Å². The first-order valence-electron chi connectivity index (χ1n) is 8.31. The molecule has 3 heteroatoms. The van der Waals surface area contributed by atoms with Crippen molar-refractivity contribution in [1.29, 1.82) is 0 Å². The fourth-order valence-electron chi connectivity index (χ4n) is 3.39. The number of amides is 1. The Labute approximate surface area is 124 Å². The summed E-state index contributed by atoms with van der Waals surface area (Å²) >= 11 is 0. The van der Waals surface area contributed by atoms with E-state index in [4.69, 9.17) is 0 Å². The molecule has 2 fully saturated rings. The summed E-state index contributed by atoms with van der Waals surface area (Å²) in [5, 5.41) is 0. The summed E-state index contributed by atoms with van der Waals surface area (Å²) in [6, 6.07) is 0. The van der Waals surface area contributed by atoms with E-state index in [0.29, 0.717) is 12.3 Å². The third-order valence-corrected chi connectivity index (χ3v) is 4.85. The maximum absolute atomic E-state index is 12.3. The lowest BCUT2D eigenvalue weighted by Gasteiger charge is -2.29. The molecule has 0 aromatic rings. The van der Waals surface area contributed by atoms with Crippen molar-refractivity contribution in [2.45, 2.75) is 52.4 Å². The van der Waals surface area contributed by atoms with E-state index in [-0.39, 0.29) is 0 Å². The van der Waals surface area contributed by atoms with Crippen LogP contribution < -0.4 is 0 Å². The summed E-state index contributed by atoms with van der Waals surface area (Å²) < 4.78 is 0. The van der Waals surface area contributed by atoms with Crippen molar-refractivity contribution in [2.24, 2.45) is 5.92 Å². The molecular weight excluding hydrogens is 248 g/mol. The van der Waals surface area contributed by atoms with Crippen LogP contribution in [0.1, 0.15) is 52.4 Å². The van der Waals surface area contributed by atoms with E-state index in [1.165, 1.54) is 37.7 Å². The molecule has 0 spiro atoms. The first-order chi connectivity index (χ1) is 9.69. The summed E-state index contributed by atoms with van der Waals surface area (Å²) in [6.45, 7) is 9.16. The van der Waals surface area contributed by atoms with Crippen molar-refractivity contribution in [3.05, 3.63) is 11.6 Å². The van der Waals surface area contributed by atoms with E-state index in [9.17, 15) is 4.79 Å². The Hall–Kier alpha value is -0.830. The van der Waals surface area contributed by atoms with Crippen molar-refractivity contribution < 1.29 is 4.79 Å². The quantitative estimate of drug-likeness (QED) is 0.738. The molecule has 0 aromatic carbocycles. The summed E-state index contributed by atoms with van der Waals surface area (Å²) in [5.74, 6) is 1.13. The molecule has 2 aliphatic rings. The maximum Gasteiger partial charge on any atom is 0.223 e. The molecule has 0 unspecified atom stereocenters. The van der Waals surface area contributed by atoms with Gasteiger partial charge in [-0.3, -0.25) is 9.69 Å². The molecule has 0 aromatic heterocycles. The first-order valence-corrected chi connectivity index (χ1v) is 8.31. The molecule has 1 heterocycles. The SMILES string of the molecule is C/C=C(\C)CN1CCC(=O)N(CC2CCCCC2)CC1. The molecule has 1 saturated heterocycles. The molecule has 3 nitrogen and oxygen atoms in total. The third-order valence-electron chi connectivity index (χ3n) is 4.85. The first kappa shape index (κ1) is 15.6. The van der Waals surface area contributed by atoms with Crippen LogP contribution in [0.25, 0.3) is 0 Å². The van der Waals surface area contributed by atoms with E-state index in [1.54, 1.807) is 0 Å². The summed E-state index contributed by atoms with van der Waals surface area (Å²) in [6.07, 6.45) is 9.63. The number of carbonyl (C=O) groups excluding carboxylic acids is 1. The number of allylic oxidation sites excluding steroid dienone is 1. The van der Waals surface area contributed by atoms with Crippen LogP contribution in [0, 0.1) is 5.92 Å². The van der Waals surface area contributed by atoms with Crippen molar-refractivity contribution >= 4 is 5.91 Å². The van der Waals surface area contributed by atoms with Gasteiger partial charge >= 0.3 is 0 Å². The zero-order valence-electron chi connectivity index (χ0n) is 13.2. The number of carbonyl (C=O) groups is 1. The van der Waals surface area contributed by atoms with E-state index < -0.39 is 0 Å². The van der Waals surface area contributed by atoms with E-state index >= 15 is 0 Å². The summed E-state index contributed by atoms with van der Waals surface area (Å²) in [4.78, 5) is 16.8. The van der Waals surface area contributed by atoms with Crippen LogP contribution >= 0.6 is 0 Å². The van der Waals surface area contributed by atoms with Crippen molar-refractivity contribution in [3.8, 4) is 0 Å². The highest BCUT2D eigenvalue weighted by atomic mass is 16.2. The Morgan fingerprint density at radius 2 is 1.95 bits per heavy atom. The fourth-order valence-corrected chi connectivity index (χ4v) is 3.39. The number of hydrogen-bond acceptors (Lipinski definition) is 2. The van der Waals surface area contributed by atoms with Crippen molar-refractivity contribution in [2.75, 3.05) is 32.7 Å². The number of nitrogens with zero attached hydrogens (tertiary/aromatic N) is 2. The van der Waals surface area contributed by atoms with Crippen molar-refractivity contribution in [1.82, 2.24) is 9.80 Å². The number of rotatable bonds is 4. The minimum atomic E-state index is 0.371. The smallest absolute Gasteiger partial charge is 0.223 e. The van der Waals surface area contributed by atoms with Crippen LogP contribution in [0.2, 0.25) is 0 Å². The second kappa shape index (κ2) is 7.82. The van der Waals surface area contributed by atoms with Crippen LogP contribution in [-0.4, -0.2) is 48.4 Å². The zero-order valence-corrected chi connectivity index (χ0v) is 13.2. The highest BCUT2D eigenvalue weighted by Gasteiger charge is 2.24. The van der Waals surface area contributed by atoms with Gasteiger partial charge in [-0.1, -0.05) is 30.9 Å². The lowest BCUT2D eigenvalue weighted by Crippen LogP contribution is -2.37. The molecular formula is C17H30N2O. The van der Waals surface area contributed by atoms with Gasteiger partial charge in [-0.25, -0.2) is 0 Å². The molecule has 114 valence electrons. The molecule has 0 bridgehead atoms. The fraction of sp³-hybridized carbons (Fsp3) is 0.824. The van der Waals surface area contributed by atoms with Gasteiger partial charge in [-0.2, -0.15) is 0 Å². The maximum atomic E-state index is 12.3. The van der Waals surface area contributed by atoms with E-state index in [0.717, 1.165) is 38.6 Å². The Balaban J connectivity index is 1.83. The lowest BCUT2D eigenvalue weighted by molar-refractivity contribution is -0.131. The second-order valence-corrected chi connectivity index (χ2v) is 6.50. The van der Waals surface area contributed by atoms with Gasteiger partial charge in [0.05, 0.1) is 0 Å². The monoisotopic (exact) mass is 278 g/mol. The van der Waals surface area contributed by atoms with Crippen LogP contribution in [0.5, 0.6) is 0 Å². The third kappa shape index (κ3) is 4.62. The van der Waals surface area contributed by atoms with Gasteiger partial charge in [-0.05, 0) is 32.6 Å². The topological polar surface area (TPSA) is 23.6 Å². The lowest BCUT2D eigenvalue weighted by atomic mass is 9.89. The normalized spacial score (nSPS) is 24.0. The van der Waals surface area contributed by atoms with Gasteiger partial charge in [-0.15, -0.1) is 0 Å².